The molecule has 7 atom stereocenters. The SMILES string of the molecule is CC(C)C[C@@H]1NC(=O)[C@H](C2CCCCC2)NC(=O)[C@H]2CCCN2C(=O)[C@H](CC(=O)O)NC(=O)[C@H]([C@@H](C)O)NC(=O)[C@H](CC(=O)O)NC1=O. The molecule has 3 fully saturated rings. The molecule has 48 heavy (non-hydrogen) atoms. The first-order valence-corrected chi connectivity index (χ1v) is 16.5. The Bertz CT molecular complexity index is 1250. The van der Waals surface area contributed by atoms with Gasteiger partial charge in [-0.05, 0) is 50.9 Å². The number of hydrogen-bond acceptors (Lipinski definition) is 9. The average Bonchev–Trinajstić information content (AvgIpc) is 3.50. The number of aliphatic carboxylic acids is 2. The summed E-state index contributed by atoms with van der Waals surface area (Å²) in [7, 11) is 0. The molecule has 8 N–H and O–H groups in total. The molecule has 17 nitrogen and oxygen atoms in total. The van der Waals surface area contributed by atoms with Crippen molar-refractivity contribution in [2.24, 2.45) is 11.8 Å². The van der Waals surface area contributed by atoms with Crippen molar-refractivity contribution in [1.29, 1.82) is 0 Å². The van der Waals surface area contributed by atoms with Gasteiger partial charge in [0.05, 0.1) is 18.9 Å². The number of carboxylic acid groups (broad SMARTS) is 2. The van der Waals surface area contributed by atoms with Crippen molar-refractivity contribution in [2.75, 3.05) is 6.54 Å². The molecule has 2 saturated heterocycles. The van der Waals surface area contributed by atoms with Gasteiger partial charge >= 0.3 is 11.9 Å². The Morgan fingerprint density at radius 3 is 1.83 bits per heavy atom. The van der Waals surface area contributed by atoms with E-state index in [1.807, 2.05) is 0 Å². The summed E-state index contributed by atoms with van der Waals surface area (Å²) >= 11 is 0. The molecular formula is C31H48N6O11. The van der Waals surface area contributed by atoms with Crippen LogP contribution in [0.15, 0.2) is 0 Å². The van der Waals surface area contributed by atoms with Crippen LogP contribution in [-0.4, -0.2) is 117 Å². The first-order valence-electron chi connectivity index (χ1n) is 16.5. The van der Waals surface area contributed by atoms with Crippen LogP contribution < -0.4 is 26.6 Å². The van der Waals surface area contributed by atoms with Crippen molar-refractivity contribution in [1.82, 2.24) is 31.5 Å². The van der Waals surface area contributed by atoms with Crippen LogP contribution in [0.4, 0.5) is 0 Å². The van der Waals surface area contributed by atoms with Crippen LogP contribution in [0.25, 0.3) is 0 Å². The monoisotopic (exact) mass is 680 g/mol. The second-order valence-corrected chi connectivity index (χ2v) is 13.3. The molecule has 0 aromatic carbocycles. The molecule has 2 heterocycles. The number of fused-ring (bicyclic) bond motifs is 1. The quantitative estimate of drug-likeness (QED) is 0.144. The Balaban J connectivity index is 2.09. The van der Waals surface area contributed by atoms with Gasteiger partial charge < -0.3 is 46.8 Å². The summed E-state index contributed by atoms with van der Waals surface area (Å²) in [4.78, 5) is 106. The van der Waals surface area contributed by atoms with Crippen LogP contribution in [-0.2, 0) is 38.4 Å². The van der Waals surface area contributed by atoms with Crippen LogP contribution in [0.2, 0.25) is 0 Å². The average molecular weight is 681 g/mol. The Labute approximate surface area is 278 Å². The third kappa shape index (κ3) is 10.4. The fourth-order valence-electron chi connectivity index (χ4n) is 6.53. The van der Waals surface area contributed by atoms with Crippen LogP contribution in [0, 0.1) is 11.8 Å². The third-order valence-corrected chi connectivity index (χ3v) is 8.95. The lowest BCUT2D eigenvalue weighted by molar-refractivity contribution is -0.147. The van der Waals surface area contributed by atoms with E-state index < -0.39 is 103 Å². The Hall–Kier alpha value is -4.28. The van der Waals surface area contributed by atoms with E-state index in [1.54, 1.807) is 13.8 Å². The number of nitrogens with zero attached hydrogens (tertiary/aromatic N) is 1. The van der Waals surface area contributed by atoms with E-state index in [0.717, 1.165) is 31.1 Å². The summed E-state index contributed by atoms with van der Waals surface area (Å²) in [5.41, 5.74) is 0. The number of aliphatic hydroxyl groups is 1. The second-order valence-electron chi connectivity index (χ2n) is 13.3. The van der Waals surface area contributed by atoms with E-state index in [4.69, 9.17) is 0 Å². The van der Waals surface area contributed by atoms with Gasteiger partial charge in [0, 0.05) is 6.54 Å². The Kier molecular flexibility index (Phi) is 13.7. The van der Waals surface area contributed by atoms with Crippen LogP contribution in [0.1, 0.15) is 85.0 Å². The predicted molar refractivity (Wildman–Crippen MR) is 167 cm³/mol. The van der Waals surface area contributed by atoms with E-state index in [2.05, 4.69) is 26.6 Å². The third-order valence-electron chi connectivity index (χ3n) is 8.95. The first kappa shape index (κ1) is 38.2. The van der Waals surface area contributed by atoms with Crippen molar-refractivity contribution in [3.8, 4) is 0 Å². The molecule has 1 saturated carbocycles. The highest BCUT2D eigenvalue weighted by atomic mass is 16.4. The smallest absolute Gasteiger partial charge is 0.305 e. The molecule has 3 rings (SSSR count). The fraction of sp³-hybridized carbons (Fsp3) is 0.742. The second kappa shape index (κ2) is 17.2. The van der Waals surface area contributed by atoms with E-state index in [-0.39, 0.29) is 31.2 Å². The molecule has 0 radical (unpaired) electrons. The topological polar surface area (TPSA) is 261 Å². The van der Waals surface area contributed by atoms with E-state index in [0.29, 0.717) is 19.3 Å². The summed E-state index contributed by atoms with van der Waals surface area (Å²) in [6.07, 6.45) is 1.05. The summed E-state index contributed by atoms with van der Waals surface area (Å²) in [5, 5.41) is 41.7. The largest absolute Gasteiger partial charge is 0.481 e. The molecule has 0 unspecified atom stereocenters. The van der Waals surface area contributed by atoms with Crippen LogP contribution in [0.5, 0.6) is 0 Å². The van der Waals surface area contributed by atoms with Gasteiger partial charge in [0.1, 0.15) is 36.3 Å². The van der Waals surface area contributed by atoms with Gasteiger partial charge in [0.2, 0.25) is 35.4 Å². The molecule has 17 heteroatoms. The molecule has 6 amide bonds. The lowest BCUT2D eigenvalue weighted by Gasteiger charge is -2.34. The number of carbonyl (C=O) groups excluding carboxylic acids is 6. The van der Waals surface area contributed by atoms with Crippen LogP contribution in [0.3, 0.4) is 0 Å². The minimum atomic E-state index is -1.80. The van der Waals surface area contributed by atoms with Gasteiger partial charge in [0.15, 0.2) is 0 Å². The van der Waals surface area contributed by atoms with Crippen LogP contribution >= 0.6 is 0 Å². The number of carbonyl (C=O) groups is 8. The summed E-state index contributed by atoms with van der Waals surface area (Å²) in [5.74, 6) is -8.73. The molecule has 0 spiro atoms. The molecule has 3 aliphatic rings. The van der Waals surface area contributed by atoms with E-state index in [9.17, 15) is 53.7 Å². The lowest BCUT2D eigenvalue weighted by atomic mass is 9.83. The highest BCUT2D eigenvalue weighted by Crippen LogP contribution is 2.28. The zero-order valence-electron chi connectivity index (χ0n) is 27.5. The zero-order chi connectivity index (χ0) is 35.7. The lowest BCUT2D eigenvalue weighted by Crippen LogP contribution is -2.63. The molecule has 0 bridgehead atoms. The number of aliphatic hydroxyl groups excluding tert-OH is 1. The summed E-state index contributed by atoms with van der Waals surface area (Å²) < 4.78 is 0. The number of amides is 6. The van der Waals surface area contributed by atoms with Gasteiger partial charge in [-0.2, -0.15) is 0 Å². The van der Waals surface area contributed by atoms with Crippen molar-refractivity contribution in [3.63, 3.8) is 0 Å². The predicted octanol–water partition coefficient (Wildman–Crippen LogP) is -1.63. The minimum absolute atomic E-state index is 0.0628. The minimum Gasteiger partial charge on any atom is -0.481 e. The summed E-state index contributed by atoms with van der Waals surface area (Å²) in [6, 6.07) is -8.66. The number of rotatable bonds is 8. The van der Waals surface area contributed by atoms with Crippen molar-refractivity contribution < 1.29 is 53.7 Å². The van der Waals surface area contributed by atoms with Crippen molar-refractivity contribution >= 4 is 47.4 Å². The Morgan fingerprint density at radius 1 is 0.688 bits per heavy atom. The summed E-state index contributed by atoms with van der Waals surface area (Å²) in [6.45, 7) is 4.78. The number of carboxylic acids is 2. The van der Waals surface area contributed by atoms with E-state index in [1.165, 1.54) is 0 Å². The maximum Gasteiger partial charge on any atom is 0.305 e. The molecule has 268 valence electrons. The van der Waals surface area contributed by atoms with Gasteiger partial charge in [-0.25, -0.2) is 0 Å². The Morgan fingerprint density at radius 2 is 1.25 bits per heavy atom. The van der Waals surface area contributed by atoms with Gasteiger partial charge in [-0.1, -0.05) is 33.1 Å². The number of hydrogen-bond donors (Lipinski definition) is 8. The van der Waals surface area contributed by atoms with Gasteiger partial charge in [0.25, 0.3) is 0 Å². The number of nitrogens with one attached hydrogen (secondary N) is 5. The normalized spacial score (nSPS) is 29.4. The molecule has 2 aliphatic heterocycles. The zero-order valence-corrected chi connectivity index (χ0v) is 27.5. The molecular weight excluding hydrogens is 632 g/mol. The molecule has 0 aromatic rings. The maximum atomic E-state index is 13.9. The van der Waals surface area contributed by atoms with E-state index >= 15 is 0 Å². The fourth-order valence-corrected chi connectivity index (χ4v) is 6.53. The highest BCUT2D eigenvalue weighted by Gasteiger charge is 2.43. The van der Waals surface area contributed by atoms with Crippen molar-refractivity contribution in [2.45, 2.75) is 127 Å². The van der Waals surface area contributed by atoms with Gasteiger partial charge in [-0.15, -0.1) is 0 Å². The standard InChI is InChI=1S/C31H48N6O11/c1-15(2)12-18-26(43)32-19(13-22(39)40)27(44)35-24(16(3)38)29(46)34-20(14-23(41)42)31(48)37-11-7-10-21(37)28(45)36-25(30(47)33-18)17-8-5-4-6-9-17/h15-21,24-25,38H,4-14H2,1-3H3,(H,32,43)(H,33,47)(H,34,46)(H,35,44)(H,36,45)(H,39,40)(H,41,42)/t16-,18+,19+,20+,21-,24+,25+/m1/s1. The first-order chi connectivity index (χ1) is 22.6. The maximum absolute atomic E-state index is 13.9. The van der Waals surface area contributed by atoms with Crippen molar-refractivity contribution in [3.05, 3.63) is 0 Å². The molecule has 0 aromatic heterocycles. The van der Waals surface area contributed by atoms with Gasteiger partial charge in [-0.3, -0.25) is 38.4 Å². The highest BCUT2D eigenvalue weighted by molar-refractivity contribution is 6.00. The molecule has 1 aliphatic carbocycles.